The van der Waals surface area contributed by atoms with Crippen molar-refractivity contribution in [3.63, 3.8) is 0 Å². The molecule has 0 fully saturated rings. The lowest BCUT2D eigenvalue weighted by Gasteiger charge is -2.23. The molecular formula is C13H26N2O3. The Morgan fingerprint density at radius 2 is 1.78 bits per heavy atom. The number of nitrogens with zero attached hydrogens (tertiary/aromatic N) is 1. The normalized spacial score (nSPS) is 12.8. The summed E-state index contributed by atoms with van der Waals surface area (Å²) in [5, 5.41) is 11.8. The van der Waals surface area contributed by atoms with Crippen LogP contribution < -0.4 is 5.32 Å². The smallest absolute Gasteiger partial charge is 0.307 e. The number of rotatable bonds is 9. The van der Waals surface area contributed by atoms with E-state index in [0.717, 1.165) is 12.8 Å². The Morgan fingerprint density at radius 3 is 2.17 bits per heavy atom. The molecule has 5 heteroatoms. The minimum atomic E-state index is -0.825. The third-order valence-electron chi connectivity index (χ3n) is 3.12. The van der Waals surface area contributed by atoms with E-state index in [9.17, 15) is 9.59 Å². The first kappa shape index (κ1) is 16.9. The van der Waals surface area contributed by atoms with Gasteiger partial charge in [0.2, 0.25) is 5.91 Å². The number of amides is 1. The molecule has 0 saturated carbocycles. The molecule has 1 unspecified atom stereocenters. The highest BCUT2D eigenvalue weighted by molar-refractivity contribution is 5.78. The van der Waals surface area contributed by atoms with Crippen molar-refractivity contribution in [1.29, 1.82) is 0 Å². The molecule has 0 saturated heterocycles. The number of hydrogen-bond donors (Lipinski definition) is 2. The molecule has 0 bridgehead atoms. The lowest BCUT2D eigenvalue weighted by molar-refractivity contribution is -0.142. The van der Waals surface area contributed by atoms with E-state index in [1.54, 1.807) is 6.92 Å². The third-order valence-corrected chi connectivity index (χ3v) is 3.12. The fourth-order valence-corrected chi connectivity index (χ4v) is 1.74. The summed E-state index contributed by atoms with van der Waals surface area (Å²) >= 11 is 0. The molecule has 0 aliphatic heterocycles. The number of likely N-dealkylation sites (N-methyl/N-ethyl adjacent to an activating group) is 1. The van der Waals surface area contributed by atoms with E-state index in [0.29, 0.717) is 13.1 Å². The molecule has 0 aromatic heterocycles. The Bertz CT molecular complexity index is 265. The lowest BCUT2D eigenvalue weighted by Crippen LogP contribution is -2.43. The Morgan fingerprint density at radius 1 is 1.22 bits per heavy atom. The van der Waals surface area contributed by atoms with Gasteiger partial charge in [0.25, 0.3) is 0 Å². The molecule has 5 nitrogen and oxygen atoms in total. The summed E-state index contributed by atoms with van der Waals surface area (Å²) in [6, 6.07) is 0.216. The highest BCUT2D eigenvalue weighted by Crippen LogP contribution is 2.01. The van der Waals surface area contributed by atoms with Gasteiger partial charge in [-0.2, -0.15) is 0 Å². The van der Waals surface area contributed by atoms with Crippen LogP contribution in [0.25, 0.3) is 0 Å². The Balaban J connectivity index is 4.19. The van der Waals surface area contributed by atoms with E-state index in [4.69, 9.17) is 5.11 Å². The maximum atomic E-state index is 11.8. The second-order valence-electron chi connectivity index (χ2n) is 4.65. The maximum Gasteiger partial charge on any atom is 0.307 e. The molecular weight excluding hydrogens is 232 g/mol. The van der Waals surface area contributed by atoms with Crippen molar-refractivity contribution in [2.45, 2.75) is 46.6 Å². The summed E-state index contributed by atoms with van der Waals surface area (Å²) in [7, 11) is 0. The van der Waals surface area contributed by atoms with Crippen LogP contribution in [0.4, 0.5) is 0 Å². The van der Waals surface area contributed by atoms with Crippen molar-refractivity contribution in [3.05, 3.63) is 0 Å². The zero-order chi connectivity index (χ0) is 14.1. The standard InChI is InChI=1S/C13H26N2O3/c1-5-11(6-2)14-12(16)9-15(7-3)8-10(4)13(17)18/h10-11H,5-9H2,1-4H3,(H,14,16)(H,17,18). The summed E-state index contributed by atoms with van der Waals surface area (Å²) < 4.78 is 0. The zero-order valence-electron chi connectivity index (χ0n) is 11.9. The van der Waals surface area contributed by atoms with Crippen LogP contribution in [0.3, 0.4) is 0 Å². The first-order chi connectivity index (χ1) is 8.44. The van der Waals surface area contributed by atoms with Gasteiger partial charge >= 0.3 is 5.97 Å². The predicted octanol–water partition coefficient (Wildman–Crippen LogP) is 1.33. The van der Waals surface area contributed by atoms with Crippen LogP contribution >= 0.6 is 0 Å². The van der Waals surface area contributed by atoms with Crippen LogP contribution in [0.15, 0.2) is 0 Å². The van der Waals surface area contributed by atoms with Gasteiger partial charge < -0.3 is 10.4 Å². The lowest BCUT2D eigenvalue weighted by atomic mass is 10.1. The van der Waals surface area contributed by atoms with E-state index >= 15 is 0 Å². The number of hydrogen-bond acceptors (Lipinski definition) is 3. The fourth-order valence-electron chi connectivity index (χ4n) is 1.74. The van der Waals surface area contributed by atoms with Crippen molar-refractivity contribution in [1.82, 2.24) is 10.2 Å². The summed E-state index contributed by atoms with van der Waals surface area (Å²) in [4.78, 5) is 24.4. The molecule has 1 amide bonds. The molecule has 0 rings (SSSR count). The number of carbonyl (C=O) groups excluding carboxylic acids is 1. The van der Waals surface area contributed by atoms with Gasteiger partial charge in [0.05, 0.1) is 12.5 Å². The Kier molecular flexibility index (Phi) is 8.37. The van der Waals surface area contributed by atoms with Crippen molar-refractivity contribution >= 4 is 11.9 Å². The highest BCUT2D eigenvalue weighted by atomic mass is 16.4. The van der Waals surface area contributed by atoms with Crippen LogP contribution in [0.5, 0.6) is 0 Å². The van der Waals surface area contributed by atoms with E-state index < -0.39 is 11.9 Å². The molecule has 0 aliphatic rings. The number of nitrogens with one attached hydrogen (secondary N) is 1. The number of carboxylic acids is 1. The largest absolute Gasteiger partial charge is 0.481 e. The van der Waals surface area contributed by atoms with Gasteiger partial charge in [-0.05, 0) is 19.4 Å². The SMILES string of the molecule is CCC(CC)NC(=O)CN(CC)CC(C)C(=O)O. The van der Waals surface area contributed by atoms with Crippen LogP contribution in [0.2, 0.25) is 0 Å². The quantitative estimate of drug-likeness (QED) is 0.654. The molecule has 0 spiro atoms. The van der Waals surface area contributed by atoms with Gasteiger partial charge in [-0.1, -0.05) is 27.7 Å². The van der Waals surface area contributed by atoms with E-state index in [2.05, 4.69) is 5.32 Å². The van der Waals surface area contributed by atoms with Crippen molar-refractivity contribution in [2.75, 3.05) is 19.6 Å². The molecule has 2 N–H and O–H groups in total. The van der Waals surface area contributed by atoms with Crippen LogP contribution in [-0.2, 0) is 9.59 Å². The van der Waals surface area contributed by atoms with Crippen LogP contribution in [0.1, 0.15) is 40.5 Å². The first-order valence-corrected chi connectivity index (χ1v) is 6.68. The molecule has 18 heavy (non-hydrogen) atoms. The Hall–Kier alpha value is -1.10. The van der Waals surface area contributed by atoms with Gasteiger partial charge in [0.1, 0.15) is 0 Å². The highest BCUT2D eigenvalue weighted by Gasteiger charge is 2.18. The van der Waals surface area contributed by atoms with E-state index in [1.165, 1.54) is 0 Å². The van der Waals surface area contributed by atoms with E-state index in [-0.39, 0.29) is 18.5 Å². The summed E-state index contributed by atoms with van der Waals surface area (Å²) in [6.07, 6.45) is 1.83. The average Bonchev–Trinajstić information content (AvgIpc) is 2.34. The number of carbonyl (C=O) groups is 2. The van der Waals surface area contributed by atoms with Gasteiger partial charge in [-0.15, -0.1) is 0 Å². The van der Waals surface area contributed by atoms with Crippen LogP contribution in [-0.4, -0.2) is 47.6 Å². The Labute approximate surface area is 110 Å². The van der Waals surface area contributed by atoms with Crippen LogP contribution in [0, 0.1) is 5.92 Å². The summed E-state index contributed by atoms with van der Waals surface area (Å²) in [5.74, 6) is -1.30. The molecule has 1 atom stereocenters. The van der Waals surface area contributed by atoms with Crippen molar-refractivity contribution in [2.24, 2.45) is 5.92 Å². The molecule has 0 aromatic carbocycles. The summed E-state index contributed by atoms with van der Waals surface area (Å²) in [6.45, 7) is 9.01. The van der Waals surface area contributed by atoms with Gasteiger partial charge in [-0.3, -0.25) is 14.5 Å². The zero-order valence-corrected chi connectivity index (χ0v) is 11.9. The van der Waals surface area contributed by atoms with Gasteiger partial charge in [0, 0.05) is 12.6 Å². The third kappa shape index (κ3) is 6.59. The molecule has 0 aliphatic carbocycles. The first-order valence-electron chi connectivity index (χ1n) is 6.68. The number of aliphatic carboxylic acids is 1. The average molecular weight is 258 g/mol. The monoisotopic (exact) mass is 258 g/mol. The van der Waals surface area contributed by atoms with Gasteiger partial charge in [0.15, 0.2) is 0 Å². The van der Waals surface area contributed by atoms with Crippen molar-refractivity contribution < 1.29 is 14.7 Å². The minimum absolute atomic E-state index is 0.0249. The topological polar surface area (TPSA) is 69.6 Å². The second kappa shape index (κ2) is 8.91. The summed E-state index contributed by atoms with van der Waals surface area (Å²) in [5.41, 5.74) is 0. The number of carboxylic acid groups (broad SMARTS) is 1. The maximum absolute atomic E-state index is 11.8. The van der Waals surface area contributed by atoms with E-state index in [1.807, 2.05) is 25.7 Å². The molecule has 0 radical (unpaired) electrons. The predicted molar refractivity (Wildman–Crippen MR) is 71.4 cm³/mol. The molecule has 0 heterocycles. The second-order valence-corrected chi connectivity index (χ2v) is 4.65. The van der Waals surface area contributed by atoms with Crippen molar-refractivity contribution in [3.8, 4) is 0 Å². The molecule has 0 aromatic rings. The fraction of sp³-hybridized carbons (Fsp3) is 0.846. The minimum Gasteiger partial charge on any atom is -0.481 e. The molecule has 106 valence electrons. The van der Waals surface area contributed by atoms with Gasteiger partial charge in [-0.25, -0.2) is 0 Å².